The third-order valence-corrected chi connectivity index (χ3v) is 4.60. The maximum Gasteiger partial charge on any atom is 0.216 e. The second-order valence-electron chi connectivity index (χ2n) is 6.51. The van der Waals surface area contributed by atoms with E-state index in [-0.39, 0.29) is 5.91 Å². The number of nitrogens with one attached hydrogen (secondary N) is 2. The molecule has 0 spiro atoms. The molecule has 2 heterocycles. The summed E-state index contributed by atoms with van der Waals surface area (Å²) in [6.45, 7) is 4.20. The van der Waals surface area contributed by atoms with Gasteiger partial charge in [-0.05, 0) is 55.7 Å². The van der Waals surface area contributed by atoms with Crippen LogP contribution in [0.5, 0.6) is 5.75 Å². The number of amides is 1. The number of nitrogens with zero attached hydrogens (tertiary/aromatic N) is 1. The summed E-state index contributed by atoms with van der Waals surface area (Å²) in [7, 11) is 0. The number of aromatic nitrogens is 1. The summed E-state index contributed by atoms with van der Waals surface area (Å²) in [6.07, 6.45) is 8.35. The lowest BCUT2D eigenvalue weighted by molar-refractivity contribution is -0.118. The standard InChI is InChI=1S/C17H25N3O2/c1-12(21)19-4-2-14-8-15(14)6-13-7-17(10-18-9-13)22-11-16-3-5-20-16/h7,9-10,14-16,20H,2-6,8,11H2,1H3,(H,19,21). The highest BCUT2D eigenvalue weighted by molar-refractivity contribution is 5.72. The van der Waals surface area contributed by atoms with Crippen molar-refractivity contribution < 1.29 is 9.53 Å². The first-order chi connectivity index (χ1) is 10.7. The maximum absolute atomic E-state index is 10.9. The lowest BCUT2D eigenvalue weighted by Gasteiger charge is -2.27. The highest BCUT2D eigenvalue weighted by atomic mass is 16.5. The van der Waals surface area contributed by atoms with Crippen molar-refractivity contribution in [1.29, 1.82) is 0 Å². The minimum Gasteiger partial charge on any atom is -0.490 e. The molecule has 5 nitrogen and oxygen atoms in total. The van der Waals surface area contributed by atoms with Gasteiger partial charge in [-0.1, -0.05) is 0 Å². The van der Waals surface area contributed by atoms with E-state index in [1.54, 1.807) is 13.1 Å². The largest absolute Gasteiger partial charge is 0.490 e. The van der Waals surface area contributed by atoms with Gasteiger partial charge in [0, 0.05) is 25.7 Å². The van der Waals surface area contributed by atoms with Gasteiger partial charge in [0.05, 0.1) is 6.20 Å². The number of pyridine rings is 1. The molecule has 3 unspecified atom stereocenters. The Morgan fingerprint density at radius 2 is 2.32 bits per heavy atom. The Kier molecular flexibility index (Phi) is 4.93. The summed E-state index contributed by atoms with van der Waals surface area (Å²) in [5.41, 5.74) is 1.26. The van der Waals surface area contributed by atoms with E-state index in [0.29, 0.717) is 6.04 Å². The molecule has 1 amide bonds. The monoisotopic (exact) mass is 303 g/mol. The summed E-state index contributed by atoms with van der Waals surface area (Å²) >= 11 is 0. The first-order valence-corrected chi connectivity index (χ1v) is 8.25. The topological polar surface area (TPSA) is 63.2 Å². The van der Waals surface area contributed by atoms with E-state index in [2.05, 4.69) is 21.7 Å². The second kappa shape index (κ2) is 7.09. The fraction of sp³-hybridized carbons (Fsp3) is 0.647. The highest BCUT2D eigenvalue weighted by Gasteiger charge is 2.36. The summed E-state index contributed by atoms with van der Waals surface area (Å²) in [4.78, 5) is 15.1. The minimum absolute atomic E-state index is 0.0622. The Balaban J connectivity index is 1.40. The average molecular weight is 303 g/mol. The number of ether oxygens (including phenoxy) is 1. The molecular weight excluding hydrogens is 278 g/mol. The van der Waals surface area contributed by atoms with Crippen LogP contribution in [0.3, 0.4) is 0 Å². The zero-order chi connectivity index (χ0) is 15.4. The smallest absolute Gasteiger partial charge is 0.216 e. The van der Waals surface area contributed by atoms with Gasteiger partial charge in [0.25, 0.3) is 0 Å². The van der Waals surface area contributed by atoms with Crippen LogP contribution in [0.25, 0.3) is 0 Å². The number of hydrogen-bond donors (Lipinski definition) is 2. The van der Waals surface area contributed by atoms with Crippen LogP contribution in [0.2, 0.25) is 0 Å². The van der Waals surface area contributed by atoms with E-state index in [1.165, 1.54) is 18.4 Å². The molecule has 3 atom stereocenters. The first-order valence-electron chi connectivity index (χ1n) is 8.25. The third-order valence-electron chi connectivity index (χ3n) is 4.60. The van der Waals surface area contributed by atoms with Crippen molar-refractivity contribution in [2.75, 3.05) is 19.7 Å². The van der Waals surface area contributed by atoms with Crippen molar-refractivity contribution in [3.63, 3.8) is 0 Å². The van der Waals surface area contributed by atoms with E-state index in [1.807, 2.05) is 6.20 Å². The highest BCUT2D eigenvalue weighted by Crippen LogP contribution is 2.43. The number of carbonyl (C=O) groups is 1. The molecule has 0 radical (unpaired) electrons. The van der Waals surface area contributed by atoms with Crippen LogP contribution in [0, 0.1) is 11.8 Å². The van der Waals surface area contributed by atoms with Crippen LogP contribution in [0.4, 0.5) is 0 Å². The van der Waals surface area contributed by atoms with Gasteiger partial charge in [-0.25, -0.2) is 0 Å². The van der Waals surface area contributed by atoms with Crippen molar-refractivity contribution in [2.24, 2.45) is 11.8 Å². The fourth-order valence-corrected chi connectivity index (χ4v) is 2.99. The number of rotatable bonds is 8. The van der Waals surface area contributed by atoms with Crippen LogP contribution < -0.4 is 15.4 Å². The van der Waals surface area contributed by atoms with E-state index in [0.717, 1.165) is 50.1 Å². The van der Waals surface area contributed by atoms with E-state index in [9.17, 15) is 4.79 Å². The Bertz CT molecular complexity index is 516. The van der Waals surface area contributed by atoms with Gasteiger partial charge >= 0.3 is 0 Å². The number of hydrogen-bond acceptors (Lipinski definition) is 4. The molecule has 2 aliphatic rings. The normalized spacial score (nSPS) is 26.1. The lowest BCUT2D eigenvalue weighted by Crippen LogP contribution is -2.46. The van der Waals surface area contributed by atoms with Crippen LogP contribution in [-0.2, 0) is 11.2 Å². The van der Waals surface area contributed by atoms with Crippen molar-refractivity contribution in [2.45, 2.75) is 38.6 Å². The average Bonchev–Trinajstić information content (AvgIpc) is 3.15. The SMILES string of the molecule is CC(=O)NCCC1CC1Cc1cncc(OCC2CCN2)c1. The van der Waals surface area contributed by atoms with Crippen molar-refractivity contribution in [3.8, 4) is 5.75 Å². The fourth-order valence-electron chi connectivity index (χ4n) is 2.99. The van der Waals surface area contributed by atoms with Gasteiger partial charge < -0.3 is 15.4 Å². The molecule has 3 rings (SSSR count). The van der Waals surface area contributed by atoms with Crippen LogP contribution >= 0.6 is 0 Å². The van der Waals surface area contributed by atoms with Crippen LogP contribution in [0.15, 0.2) is 18.5 Å². The Hall–Kier alpha value is -1.62. The van der Waals surface area contributed by atoms with E-state index in [4.69, 9.17) is 4.74 Å². The van der Waals surface area contributed by atoms with Gasteiger partial charge in [0.1, 0.15) is 12.4 Å². The van der Waals surface area contributed by atoms with Crippen molar-refractivity contribution in [1.82, 2.24) is 15.6 Å². The molecule has 1 aliphatic heterocycles. The second-order valence-corrected chi connectivity index (χ2v) is 6.51. The van der Waals surface area contributed by atoms with Gasteiger partial charge in [0.2, 0.25) is 5.91 Å². The molecule has 22 heavy (non-hydrogen) atoms. The van der Waals surface area contributed by atoms with Gasteiger partial charge in [0.15, 0.2) is 0 Å². The molecule has 1 aliphatic carbocycles. The first kappa shape index (κ1) is 15.3. The Morgan fingerprint density at radius 1 is 1.45 bits per heavy atom. The predicted octanol–water partition coefficient (Wildman–Crippen LogP) is 1.53. The van der Waals surface area contributed by atoms with Gasteiger partial charge in [-0.3, -0.25) is 9.78 Å². The maximum atomic E-state index is 10.9. The lowest BCUT2D eigenvalue weighted by atomic mass is 10.1. The van der Waals surface area contributed by atoms with Crippen LogP contribution in [-0.4, -0.2) is 36.6 Å². The van der Waals surface area contributed by atoms with Gasteiger partial charge in [-0.15, -0.1) is 0 Å². The van der Waals surface area contributed by atoms with E-state index < -0.39 is 0 Å². The molecule has 5 heteroatoms. The predicted molar refractivity (Wildman–Crippen MR) is 84.7 cm³/mol. The summed E-state index contributed by atoms with van der Waals surface area (Å²) < 4.78 is 5.80. The minimum atomic E-state index is 0.0622. The molecule has 2 N–H and O–H groups in total. The molecule has 1 saturated heterocycles. The van der Waals surface area contributed by atoms with Crippen molar-refractivity contribution in [3.05, 3.63) is 24.0 Å². The molecule has 1 aromatic rings. The quantitative estimate of drug-likeness (QED) is 0.764. The Labute approximate surface area is 131 Å². The number of carbonyl (C=O) groups excluding carboxylic acids is 1. The van der Waals surface area contributed by atoms with Crippen LogP contribution in [0.1, 0.15) is 31.7 Å². The summed E-state index contributed by atoms with van der Waals surface area (Å²) in [5, 5.41) is 6.20. The molecule has 1 aromatic heterocycles. The zero-order valence-electron chi connectivity index (χ0n) is 13.2. The molecule has 1 saturated carbocycles. The molecule has 0 aromatic carbocycles. The molecule has 0 bridgehead atoms. The van der Waals surface area contributed by atoms with E-state index >= 15 is 0 Å². The molecule has 2 fully saturated rings. The zero-order valence-corrected chi connectivity index (χ0v) is 13.2. The Morgan fingerprint density at radius 3 is 3.05 bits per heavy atom. The molecular formula is C17H25N3O2. The van der Waals surface area contributed by atoms with Gasteiger partial charge in [-0.2, -0.15) is 0 Å². The third kappa shape index (κ3) is 4.44. The van der Waals surface area contributed by atoms with Crippen molar-refractivity contribution >= 4 is 5.91 Å². The summed E-state index contributed by atoms with van der Waals surface area (Å²) in [6, 6.07) is 2.62. The summed E-state index contributed by atoms with van der Waals surface area (Å²) in [5.74, 6) is 2.42. The molecule has 120 valence electrons.